The van der Waals surface area contributed by atoms with Crippen LogP contribution < -0.4 is 4.90 Å². The molecule has 0 fully saturated rings. The van der Waals surface area contributed by atoms with Gasteiger partial charge >= 0.3 is 0 Å². The summed E-state index contributed by atoms with van der Waals surface area (Å²) in [5.74, 6) is -0.184. The zero-order valence-corrected chi connectivity index (χ0v) is 8.76. The molecular formula is C12H16FN. The first kappa shape index (κ1) is 10.8. The molecule has 0 bridgehead atoms. The number of hydrogen-bond donors (Lipinski definition) is 0. The quantitative estimate of drug-likeness (QED) is 0.664. The van der Waals surface area contributed by atoms with Gasteiger partial charge in [0.05, 0.1) is 0 Å². The minimum Gasteiger partial charge on any atom is -0.374 e. The Morgan fingerprint density at radius 1 is 1.50 bits per heavy atom. The number of nitrogens with zero attached hydrogens (tertiary/aromatic N) is 1. The van der Waals surface area contributed by atoms with E-state index in [4.69, 9.17) is 0 Å². The van der Waals surface area contributed by atoms with Crippen LogP contribution in [0.15, 0.2) is 30.9 Å². The minimum absolute atomic E-state index is 0.184. The highest BCUT2D eigenvalue weighted by Crippen LogP contribution is 2.19. The molecular weight excluding hydrogens is 177 g/mol. The SMILES string of the molecule is C=CCCN(C)c1cc(F)ccc1C. The van der Waals surface area contributed by atoms with Gasteiger partial charge in [0.15, 0.2) is 0 Å². The van der Waals surface area contributed by atoms with E-state index in [1.807, 2.05) is 24.9 Å². The molecule has 0 heterocycles. The zero-order valence-electron chi connectivity index (χ0n) is 8.76. The van der Waals surface area contributed by atoms with Crippen molar-refractivity contribution < 1.29 is 4.39 Å². The Labute approximate surface area is 84.9 Å². The van der Waals surface area contributed by atoms with Crippen LogP contribution >= 0.6 is 0 Å². The first-order chi connectivity index (χ1) is 6.65. The van der Waals surface area contributed by atoms with E-state index in [1.165, 1.54) is 6.07 Å². The van der Waals surface area contributed by atoms with Gasteiger partial charge in [0.25, 0.3) is 0 Å². The van der Waals surface area contributed by atoms with Crippen LogP contribution in [-0.4, -0.2) is 13.6 Å². The summed E-state index contributed by atoms with van der Waals surface area (Å²) in [6, 6.07) is 4.85. The lowest BCUT2D eigenvalue weighted by atomic mass is 10.2. The number of halogens is 1. The average Bonchev–Trinajstić information content (AvgIpc) is 2.18. The predicted molar refractivity (Wildman–Crippen MR) is 59.2 cm³/mol. The van der Waals surface area contributed by atoms with Crippen LogP contribution in [0.3, 0.4) is 0 Å². The molecule has 0 radical (unpaired) electrons. The van der Waals surface area contributed by atoms with E-state index in [1.54, 1.807) is 12.1 Å². The van der Waals surface area contributed by atoms with Gasteiger partial charge in [-0.05, 0) is 31.0 Å². The molecule has 1 nitrogen and oxygen atoms in total. The maximum atomic E-state index is 13.0. The molecule has 14 heavy (non-hydrogen) atoms. The highest BCUT2D eigenvalue weighted by molar-refractivity contribution is 5.52. The Bertz CT molecular complexity index is 320. The van der Waals surface area contributed by atoms with Gasteiger partial charge in [-0.2, -0.15) is 0 Å². The molecule has 0 amide bonds. The van der Waals surface area contributed by atoms with Crippen molar-refractivity contribution in [3.05, 3.63) is 42.2 Å². The summed E-state index contributed by atoms with van der Waals surface area (Å²) in [5, 5.41) is 0. The Hall–Kier alpha value is -1.31. The van der Waals surface area contributed by atoms with Crippen molar-refractivity contribution in [2.75, 3.05) is 18.5 Å². The van der Waals surface area contributed by atoms with Crippen LogP contribution in [0.25, 0.3) is 0 Å². The minimum atomic E-state index is -0.184. The van der Waals surface area contributed by atoms with Crippen LogP contribution in [-0.2, 0) is 0 Å². The monoisotopic (exact) mass is 193 g/mol. The fourth-order valence-electron chi connectivity index (χ4n) is 1.40. The molecule has 0 saturated carbocycles. The van der Waals surface area contributed by atoms with Crippen LogP contribution in [0.4, 0.5) is 10.1 Å². The third kappa shape index (κ3) is 2.59. The van der Waals surface area contributed by atoms with Crippen LogP contribution in [0, 0.1) is 12.7 Å². The molecule has 0 atom stereocenters. The van der Waals surface area contributed by atoms with E-state index < -0.39 is 0 Å². The highest BCUT2D eigenvalue weighted by atomic mass is 19.1. The fourth-order valence-corrected chi connectivity index (χ4v) is 1.40. The Balaban J connectivity index is 2.82. The second-order valence-corrected chi connectivity index (χ2v) is 3.43. The van der Waals surface area contributed by atoms with E-state index in [0.29, 0.717) is 0 Å². The van der Waals surface area contributed by atoms with Gasteiger partial charge in [-0.15, -0.1) is 6.58 Å². The molecule has 1 aromatic rings. The summed E-state index contributed by atoms with van der Waals surface area (Å²) < 4.78 is 13.0. The van der Waals surface area contributed by atoms with Gasteiger partial charge in [0.1, 0.15) is 5.82 Å². The van der Waals surface area contributed by atoms with Crippen molar-refractivity contribution in [1.29, 1.82) is 0 Å². The van der Waals surface area contributed by atoms with Crippen LogP contribution in [0.2, 0.25) is 0 Å². The normalized spacial score (nSPS) is 9.93. The lowest BCUT2D eigenvalue weighted by molar-refractivity contribution is 0.626. The number of aryl methyl sites for hydroxylation is 1. The molecule has 0 aliphatic heterocycles. The van der Waals surface area contributed by atoms with Crippen molar-refractivity contribution in [2.24, 2.45) is 0 Å². The van der Waals surface area contributed by atoms with E-state index >= 15 is 0 Å². The second kappa shape index (κ2) is 4.80. The van der Waals surface area contributed by atoms with Gasteiger partial charge in [-0.1, -0.05) is 12.1 Å². The summed E-state index contributed by atoms with van der Waals surface area (Å²) in [6.45, 7) is 6.52. The van der Waals surface area contributed by atoms with Crippen molar-refractivity contribution in [2.45, 2.75) is 13.3 Å². The van der Waals surface area contributed by atoms with Gasteiger partial charge in [0, 0.05) is 19.3 Å². The Morgan fingerprint density at radius 2 is 2.21 bits per heavy atom. The molecule has 0 aromatic heterocycles. The van der Waals surface area contributed by atoms with Crippen molar-refractivity contribution in [3.8, 4) is 0 Å². The smallest absolute Gasteiger partial charge is 0.125 e. The van der Waals surface area contributed by atoms with Crippen LogP contribution in [0.5, 0.6) is 0 Å². The first-order valence-electron chi connectivity index (χ1n) is 4.73. The molecule has 0 aliphatic rings. The van der Waals surface area contributed by atoms with E-state index in [2.05, 4.69) is 6.58 Å². The third-order valence-corrected chi connectivity index (χ3v) is 2.25. The third-order valence-electron chi connectivity index (χ3n) is 2.25. The lowest BCUT2D eigenvalue weighted by Crippen LogP contribution is -2.19. The number of anilines is 1. The Morgan fingerprint density at radius 3 is 2.86 bits per heavy atom. The molecule has 76 valence electrons. The standard InChI is InChI=1S/C12H16FN/c1-4-5-8-14(3)12-9-11(13)7-6-10(12)2/h4,6-7,9H,1,5,8H2,2-3H3. The average molecular weight is 193 g/mol. The zero-order chi connectivity index (χ0) is 10.6. The molecule has 0 unspecified atom stereocenters. The van der Waals surface area contributed by atoms with Crippen LogP contribution in [0.1, 0.15) is 12.0 Å². The Kier molecular flexibility index (Phi) is 3.69. The molecule has 0 spiro atoms. The second-order valence-electron chi connectivity index (χ2n) is 3.43. The summed E-state index contributed by atoms with van der Waals surface area (Å²) in [4.78, 5) is 2.04. The summed E-state index contributed by atoms with van der Waals surface area (Å²) >= 11 is 0. The molecule has 2 heteroatoms. The van der Waals surface area contributed by atoms with Gasteiger partial charge in [-0.3, -0.25) is 0 Å². The van der Waals surface area contributed by atoms with Gasteiger partial charge in [0.2, 0.25) is 0 Å². The molecule has 1 rings (SSSR count). The van der Waals surface area contributed by atoms with Crippen molar-refractivity contribution in [3.63, 3.8) is 0 Å². The fraction of sp³-hybridized carbons (Fsp3) is 0.333. The molecule has 0 aliphatic carbocycles. The molecule has 0 N–H and O–H groups in total. The van der Waals surface area contributed by atoms with Gasteiger partial charge < -0.3 is 4.90 Å². The van der Waals surface area contributed by atoms with E-state index in [-0.39, 0.29) is 5.82 Å². The summed E-state index contributed by atoms with van der Waals surface area (Å²) in [6.07, 6.45) is 2.78. The van der Waals surface area contributed by atoms with Gasteiger partial charge in [-0.25, -0.2) is 4.39 Å². The van der Waals surface area contributed by atoms with Crippen molar-refractivity contribution >= 4 is 5.69 Å². The van der Waals surface area contributed by atoms with E-state index in [0.717, 1.165) is 24.2 Å². The summed E-state index contributed by atoms with van der Waals surface area (Å²) in [5.41, 5.74) is 2.05. The molecule has 0 saturated heterocycles. The maximum absolute atomic E-state index is 13.0. The summed E-state index contributed by atoms with van der Waals surface area (Å²) in [7, 11) is 1.96. The lowest BCUT2D eigenvalue weighted by Gasteiger charge is -2.20. The number of benzene rings is 1. The van der Waals surface area contributed by atoms with Crippen molar-refractivity contribution in [1.82, 2.24) is 0 Å². The highest BCUT2D eigenvalue weighted by Gasteiger charge is 2.04. The topological polar surface area (TPSA) is 3.24 Å². The number of rotatable bonds is 4. The maximum Gasteiger partial charge on any atom is 0.125 e. The molecule has 1 aromatic carbocycles. The van der Waals surface area contributed by atoms with E-state index in [9.17, 15) is 4.39 Å². The largest absolute Gasteiger partial charge is 0.374 e. The first-order valence-corrected chi connectivity index (χ1v) is 4.73. The number of hydrogen-bond acceptors (Lipinski definition) is 1. The predicted octanol–water partition coefficient (Wildman–Crippen LogP) is 3.15.